The molecule has 0 saturated carbocycles. The quantitative estimate of drug-likeness (QED) is 0.536. The summed E-state index contributed by atoms with van der Waals surface area (Å²) in [6.45, 7) is 12.3. The molecule has 32 heavy (non-hydrogen) atoms. The van der Waals surface area contributed by atoms with Crippen LogP contribution >= 0.6 is 0 Å². The van der Waals surface area contributed by atoms with Gasteiger partial charge in [-0.15, -0.1) is 0 Å². The van der Waals surface area contributed by atoms with Gasteiger partial charge in [-0.2, -0.15) is 0 Å². The van der Waals surface area contributed by atoms with Crippen LogP contribution in [0, 0.1) is 6.57 Å². The molecule has 0 bridgehead atoms. The first kappa shape index (κ1) is 22.9. The van der Waals surface area contributed by atoms with Crippen molar-refractivity contribution in [2.24, 2.45) is 0 Å². The van der Waals surface area contributed by atoms with Gasteiger partial charge < -0.3 is 30.2 Å². The summed E-state index contributed by atoms with van der Waals surface area (Å²) in [7, 11) is 0. The molecule has 1 aliphatic rings. The molecule has 9 heteroatoms. The summed E-state index contributed by atoms with van der Waals surface area (Å²) in [6, 6.07) is 11.2. The minimum atomic E-state index is -0.503. The lowest BCUT2D eigenvalue weighted by atomic mass is 10.1. The van der Waals surface area contributed by atoms with Crippen molar-refractivity contribution in [3.05, 3.63) is 59.4 Å². The second kappa shape index (κ2) is 11.0. The van der Waals surface area contributed by atoms with Gasteiger partial charge in [-0.1, -0.05) is 18.2 Å². The van der Waals surface area contributed by atoms with E-state index in [1.54, 1.807) is 36.4 Å². The summed E-state index contributed by atoms with van der Waals surface area (Å²) >= 11 is 0. The Morgan fingerprint density at radius 3 is 2.69 bits per heavy atom. The summed E-state index contributed by atoms with van der Waals surface area (Å²) in [5, 5.41) is 8.28. The van der Waals surface area contributed by atoms with Crippen LogP contribution in [0.15, 0.2) is 42.5 Å². The van der Waals surface area contributed by atoms with E-state index in [0.717, 1.165) is 5.56 Å². The number of benzene rings is 2. The number of alkyl carbamates (subject to hydrolysis) is 1. The van der Waals surface area contributed by atoms with Crippen molar-refractivity contribution < 1.29 is 23.8 Å². The van der Waals surface area contributed by atoms with Gasteiger partial charge in [0, 0.05) is 17.8 Å². The van der Waals surface area contributed by atoms with Crippen LogP contribution in [0.1, 0.15) is 31.9 Å². The smallest absolute Gasteiger partial charge is 0.407 e. The lowest BCUT2D eigenvalue weighted by molar-refractivity contribution is 0.0812. The van der Waals surface area contributed by atoms with Crippen LogP contribution in [0.2, 0.25) is 0 Å². The van der Waals surface area contributed by atoms with Crippen LogP contribution in [-0.2, 0) is 9.47 Å². The Kier molecular flexibility index (Phi) is 7.89. The molecule has 2 atom stereocenters. The van der Waals surface area contributed by atoms with E-state index in [1.165, 1.54) is 0 Å². The highest BCUT2D eigenvalue weighted by Crippen LogP contribution is 2.31. The highest BCUT2D eigenvalue weighted by atomic mass is 16.6. The predicted octanol–water partition coefficient (Wildman–Crippen LogP) is 4.86. The van der Waals surface area contributed by atoms with Gasteiger partial charge >= 0.3 is 12.1 Å². The number of ether oxygens (including phenoxy) is 3. The molecule has 0 radical (unpaired) electrons. The number of nitrogens with zero attached hydrogens (tertiary/aromatic N) is 1. The highest BCUT2D eigenvalue weighted by Gasteiger charge is 2.21. The van der Waals surface area contributed by atoms with Crippen molar-refractivity contribution in [2.75, 3.05) is 30.5 Å². The summed E-state index contributed by atoms with van der Waals surface area (Å²) in [5.74, 6) is 0.415. The summed E-state index contributed by atoms with van der Waals surface area (Å²) in [4.78, 5) is 27.9. The lowest BCUT2D eigenvalue weighted by Gasteiger charge is -2.17. The summed E-state index contributed by atoms with van der Waals surface area (Å²) in [5.41, 5.74) is 2.26. The monoisotopic (exact) mass is 438 g/mol. The number of amides is 3. The highest BCUT2D eigenvalue weighted by molar-refractivity contribution is 6.00. The number of carbonyl (C=O) groups excluding carboxylic acids is 2. The fourth-order valence-electron chi connectivity index (χ4n) is 3.19. The van der Waals surface area contributed by atoms with E-state index < -0.39 is 12.1 Å². The molecular weight excluding hydrogens is 412 g/mol. The number of urea groups is 1. The first-order valence-electron chi connectivity index (χ1n) is 10.4. The van der Waals surface area contributed by atoms with Crippen molar-refractivity contribution >= 4 is 29.2 Å². The van der Waals surface area contributed by atoms with E-state index in [2.05, 4.69) is 20.8 Å². The zero-order valence-electron chi connectivity index (χ0n) is 18.0. The first-order chi connectivity index (χ1) is 15.5. The van der Waals surface area contributed by atoms with Gasteiger partial charge in [0.25, 0.3) is 0 Å². The van der Waals surface area contributed by atoms with Gasteiger partial charge in [-0.25, -0.2) is 14.4 Å². The molecule has 3 rings (SSSR count). The molecule has 168 valence electrons. The largest absolute Gasteiger partial charge is 0.505 e. The number of rotatable bonds is 7. The number of anilines is 2. The van der Waals surface area contributed by atoms with Gasteiger partial charge in [0.1, 0.15) is 11.9 Å². The summed E-state index contributed by atoms with van der Waals surface area (Å²) < 4.78 is 16.0. The Balaban J connectivity index is 1.58. The van der Waals surface area contributed by atoms with E-state index in [1.807, 2.05) is 19.9 Å². The zero-order valence-corrected chi connectivity index (χ0v) is 18.0. The average molecular weight is 438 g/mol. The molecule has 1 heterocycles. The van der Waals surface area contributed by atoms with Crippen LogP contribution in [0.25, 0.3) is 4.85 Å². The number of hydrogen-bond acceptors (Lipinski definition) is 5. The Morgan fingerprint density at radius 2 is 2.00 bits per heavy atom. The average Bonchev–Trinajstić information content (AvgIpc) is 3.27. The number of hydrogen-bond donors (Lipinski definition) is 3. The van der Waals surface area contributed by atoms with E-state index in [9.17, 15) is 9.59 Å². The zero-order chi connectivity index (χ0) is 22.9. The van der Waals surface area contributed by atoms with Crippen LogP contribution in [0.4, 0.5) is 26.7 Å². The molecule has 1 aliphatic heterocycles. The molecule has 3 N–H and O–H groups in total. The van der Waals surface area contributed by atoms with Crippen molar-refractivity contribution in [3.8, 4) is 5.75 Å². The molecule has 2 aromatic carbocycles. The number of nitrogens with one attached hydrogen (secondary N) is 3. The third-order valence-electron chi connectivity index (χ3n) is 4.78. The second-order valence-electron chi connectivity index (χ2n) is 7.19. The molecular formula is C23H26N4O5. The van der Waals surface area contributed by atoms with E-state index in [-0.39, 0.29) is 12.1 Å². The lowest BCUT2D eigenvalue weighted by Crippen LogP contribution is -2.31. The van der Waals surface area contributed by atoms with Crippen LogP contribution in [-0.4, -0.2) is 38.0 Å². The predicted molar refractivity (Wildman–Crippen MR) is 120 cm³/mol. The molecule has 0 spiro atoms. The molecule has 1 saturated heterocycles. The molecule has 0 aromatic heterocycles. The van der Waals surface area contributed by atoms with E-state index in [0.29, 0.717) is 49.1 Å². The van der Waals surface area contributed by atoms with Crippen molar-refractivity contribution in [1.29, 1.82) is 0 Å². The Labute approximate surface area is 186 Å². The van der Waals surface area contributed by atoms with Crippen molar-refractivity contribution in [3.63, 3.8) is 0 Å². The van der Waals surface area contributed by atoms with E-state index >= 15 is 0 Å². The summed E-state index contributed by atoms with van der Waals surface area (Å²) in [6.07, 6.45) is -0.0220. The SMILES string of the molecule is [C-]#[N+]c1ccc(NC(=O)Nc2cccc([C@H](C)NC(=O)O[C@H]3CCOC3)c2)cc1OCC. The van der Waals surface area contributed by atoms with Gasteiger partial charge in [0.15, 0.2) is 0 Å². The maximum absolute atomic E-state index is 12.4. The standard InChI is InChI=1S/C23H26N4O5/c1-4-31-21-13-18(8-9-20(21)24-3)27-22(28)26-17-7-5-6-16(12-17)15(2)25-23(29)32-19-10-11-30-14-19/h5-9,12-13,15,19H,4,10-11,14H2,1-2H3,(H,25,29)(H2,26,27,28)/t15-,19-/m0/s1. The fourth-order valence-corrected chi connectivity index (χ4v) is 3.19. The minimum absolute atomic E-state index is 0.217. The van der Waals surface area contributed by atoms with Crippen LogP contribution in [0.3, 0.4) is 0 Å². The number of carbonyl (C=O) groups is 2. The molecule has 3 amide bonds. The van der Waals surface area contributed by atoms with Crippen LogP contribution in [0.5, 0.6) is 5.75 Å². The van der Waals surface area contributed by atoms with Gasteiger partial charge in [0.2, 0.25) is 5.69 Å². The topological polar surface area (TPSA) is 102 Å². The van der Waals surface area contributed by atoms with Gasteiger partial charge in [-0.05, 0) is 43.7 Å². The Bertz CT molecular complexity index is 998. The Hall–Kier alpha value is -3.77. The first-order valence-corrected chi connectivity index (χ1v) is 10.4. The maximum Gasteiger partial charge on any atom is 0.407 e. The molecule has 9 nitrogen and oxygen atoms in total. The fraction of sp³-hybridized carbons (Fsp3) is 0.348. The van der Waals surface area contributed by atoms with Gasteiger partial charge in [-0.3, -0.25) is 0 Å². The third kappa shape index (κ3) is 6.36. The molecule has 2 aromatic rings. The molecule has 1 fully saturated rings. The minimum Gasteiger partial charge on any atom is -0.505 e. The maximum atomic E-state index is 12.4. The second-order valence-corrected chi connectivity index (χ2v) is 7.19. The van der Waals surface area contributed by atoms with Crippen molar-refractivity contribution in [1.82, 2.24) is 5.32 Å². The molecule has 0 aliphatic carbocycles. The van der Waals surface area contributed by atoms with Crippen LogP contribution < -0.4 is 20.7 Å². The third-order valence-corrected chi connectivity index (χ3v) is 4.78. The van der Waals surface area contributed by atoms with Gasteiger partial charge in [0.05, 0.1) is 32.4 Å². The van der Waals surface area contributed by atoms with E-state index in [4.69, 9.17) is 20.8 Å². The molecule has 0 unspecified atom stereocenters. The Morgan fingerprint density at radius 1 is 1.22 bits per heavy atom. The van der Waals surface area contributed by atoms with Crippen molar-refractivity contribution in [2.45, 2.75) is 32.4 Å². The normalized spacial score (nSPS) is 15.8.